The molecule has 2 rings (SSSR count). The number of hydrogen-bond donors (Lipinski definition) is 0. The van der Waals surface area contributed by atoms with Crippen LogP contribution < -0.4 is 4.74 Å². The summed E-state index contributed by atoms with van der Waals surface area (Å²) in [6.07, 6.45) is 1.37. The molecule has 0 amide bonds. The molecule has 1 aliphatic rings. The first-order chi connectivity index (χ1) is 9.49. The van der Waals surface area contributed by atoms with Gasteiger partial charge >= 0.3 is 5.97 Å². The van der Waals surface area contributed by atoms with E-state index < -0.39 is 5.97 Å². The summed E-state index contributed by atoms with van der Waals surface area (Å²) in [5.41, 5.74) is 1.30. The maximum atomic E-state index is 12.2. The molecule has 0 saturated carbocycles. The number of fused-ring (bicyclic) bond motifs is 1. The van der Waals surface area contributed by atoms with Crippen LogP contribution in [0.2, 0.25) is 10.0 Å². The average Bonchev–Trinajstić information content (AvgIpc) is 2.77. The largest absolute Gasteiger partial charge is 0.480 e. The minimum absolute atomic E-state index is 0.0221. The third-order valence-electron chi connectivity index (χ3n) is 3.40. The summed E-state index contributed by atoms with van der Waals surface area (Å²) in [5.74, 6) is -0.256. The molecule has 1 atom stereocenters. The summed E-state index contributed by atoms with van der Waals surface area (Å²) in [6.45, 7) is 1.70. The molecule has 0 radical (unpaired) electrons. The standard InChI is InChI=1S/C14H14Cl2O4/c1-3-7-4-8-5-9(20-6-10(17)19-2)12(15)13(16)11(8)14(7)18/h5,7H,3-4,6H2,1-2H3. The van der Waals surface area contributed by atoms with E-state index in [2.05, 4.69) is 4.74 Å². The molecule has 1 aromatic carbocycles. The van der Waals surface area contributed by atoms with Crippen molar-refractivity contribution in [2.75, 3.05) is 13.7 Å². The number of esters is 1. The van der Waals surface area contributed by atoms with Gasteiger partial charge in [-0.3, -0.25) is 4.79 Å². The second-order valence-electron chi connectivity index (χ2n) is 4.58. The Morgan fingerprint density at radius 2 is 2.10 bits per heavy atom. The smallest absolute Gasteiger partial charge is 0.343 e. The highest BCUT2D eigenvalue weighted by Crippen LogP contribution is 2.42. The number of Topliss-reactive ketones (excluding diaryl/α,β-unsaturated/α-hetero) is 1. The van der Waals surface area contributed by atoms with E-state index in [1.165, 1.54) is 7.11 Å². The Labute approximate surface area is 127 Å². The average molecular weight is 317 g/mol. The highest BCUT2D eigenvalue weighted by atomic mass is 35.5. The van der Waals surface area contributed by atoms with Crippen molar-refractivity contribution < 1.29 is 19.1 Å². The lowest BCUT2D eigenvalue weighted by molar-refractivity contribution is -0.142. The Bertz CT molecular complexity index is 569. The molecule has 0 bridgehead atoms. The third-order valence-corrected chi connectivity index (χ3v) is 4.25. The van der Waals surface area contributed by atoms with Crippen LogP contribution in [-0.4, -0.2) is 25.5 Å². The second kappa shape index (κ2) is 6.02. The number of benzene rings is 1. The Kier molecular flexibility index (Phi) is 4.55. The Morgan fingerprint density at radius 1 is 1.40 bits per heavy atom. The molecule has 4 nitrogen and oxygen atoms in total. The number of carbonyl (C=O) groups excluding carboxylic acids is 2. The number of carbonyl (C=O) groups is 2. The molecule has 0 N–H and O–H groups in total. The lowest BCUT2D eigenvalue weighted by Crippen LogP contribution is -2.13. The maximum absolute atomic E-state index is 12.2. The maximum Gasteiger partial charge on any atom is 0.343 e. The summed E-state index contributed by atoms with van der Waals surface area (Å²) < 4.78 is 9.79. The zero-order valence-corrected chi connectivity index (χ0v) is 12.7. The summed E-state index contributed by atoms with van der Waals surface area (Å²) in [4.78, 5) is 23.3. The van der Waals surface area contributed by atoms with Gasteiger partial charge in [0.15, 0.2) is 12.4 Å². The van der Waals surface area contributed by atoms with Gasteiger partial charge in [0.2, 0.25) is 0 Å². The fourth-order valence-electron chi connectivity index (χ4n) is 2.27. The summed E-state index contributed by atoms with van der Waals surface area (Å²) in [7, 11) is 1.27. The predicted molar refractivity (Wildman–Crippen MR) is 75.8 cm³/mol. The SMILES string of the molecule is CCC1Cc2cc(OCC(=O)OC)c(Cl)c(Cl)c2C1=O. The van der Waals surface area contributed by atoms with Gasteiger partial charge in [-0.25, -0.2) is 4.79 Å². The summed E-state index contributed by atoms with van der Waals surface area (Å²) in [5, 5.41) is 0.351. The quantitative estimate of drug-likeness (QED) is 0.800. The van der Waals surface area contributed by atoms with Crippen LogP contribution in [0.15, 0.2) is 6.07 Å². The molecule has 1 aliphatic carbocycles. The molecule has 0 heterocycles. The molecule has 0 fully saturated rings. The van der Waals surface area contributed by atoms with Crippen LogP contribution in [0.3, 0.4) is 0 Å². The third kappa shape index (κ3) is 2.63. The summed E-state index contributed by atoms with van der Waals surface area (Å²) >= 11 is 12.3. The number of ether oxygens (including phenoxy) is 2. The molecule has 0 spiro atoms. The lowest BCUT2D eigenvalue weighted by atomic mass is 10.0. The molecule has 0 aliphatic heterocycles. The van der Waals surface area contributed by atoms with E-state index in [0.29, 0.717) is 17.7 Å². The Morgan fingerprint density at radius 3 is 2.70 bits per heavy atom. The molecule has 6 heteroatoms. The van der Waals surface area contributed by atoms with E-state index in [0.717, 1.165) is 12.0 Å². The number of rotatable bonds is 4. The van der Waals surface area contributed by atoms with Crippen LogP contribution in [0, 0.1) is 5.92 Å². The van der Waals surface area contributed by atoms with Crippen LogP contribution in [0.4, 0.5) is 0 Å². The molecule has 108 valence electrons. The van der Waals surface area contributed by atoms with Crippen molar-refractivity contribution in [3.8, 4) is 5.75 Å². The molecule has 0 aromatic heterocycles. The van der Waals surface area contributed by atoms with Gasteiger partial charge in [-0.2, -0.15) is 0 Å². The lowest BCUT2D eigenvalue weighted by Gasteiger charge is -2.11. The molecule has 0 saturated heterocycles. The number of ketones is 1. The van der Waals surface area contributed by atoms with Gasteiger partial charge in [0.25, 0.3) is 0 Å². The number of hydrogen-bond acceptors (Lipinski definition) is 4. The van der Waals surface area contributed by atoms with Gasteiger partial charge in [0.05, 0.1) is 12.1 Å². The predicted octanol–water partition coefficient (Wildman–Crippen LogP) is 3.31. The molecule has 1 unspecified atom stereocenters. The summed E-state index contributed by atoms with van der Waals surface area (Å²) in [6, 6.07) is 1.68. The van der Waals surface area contributed by atoms with Crippen LogP contribution in [-0.2, 0) is 16.0 Å². The minimum atomic E-state index is -0.514. The van der Waals surface area contributed by atoms with Crippen LogP contribution in [0.5, 0.6) is 5.75 Å². The van der Waals surface area contributed by atoms with Crippen molar-refractivity contribution >= 4 is 35.0 Å². The first kappa shape index (κ1) is 15.1. The van der Waals surface area contributed by atoms with Crippen molar-refractivity contribution in [1.82, 2.24) is 0 Å². The first-order valence-electron chi connectivity index (χ1n) is 6.24. The first-order valence-corrected chi connectivity index (χ1v) is 6.99. The van der Waals surface area contributed by atoms with Gasteiger partial charge < -0.3 is 9.47 Å². The minimum Gasteiger partial charge on any atom is -0.480 e. The van der Waals surface area contributed by atoms with Gasteiger partial charge in [0, 0.05) is 11.5 Å². The Hall–Kier alpha value is -1.26. The van der Waals surface area contributed by atoms with Crippen LogP contribution in [0.25, 0.3) is 0 Å². The van der Waals surface area contributed by atoms with Crippen molar-refractivity contribution in [3.63, 3.8) is 0 Å². The van der Waals surface area contributed by atoms with Crippen molar-refractivity contribution in [3.05, 3.63) is 27.2 Å². The van der Waals surface area contributed by atoms with Crippen molar-refractivity contribution in [2.24, 2.45) is 5.92 Å². The normalized spacial score (nSPS) is 17.0. The molecule has 20 heavy (non-hydrogen) atoms. The highest BCUT2D eigenvalue weighted by molar-refractivity contribution is 6.45. The topological polar surface area (TPSA) is 52.6 Å². The Balaban J connectivity index is 2.33. The van der Waals surface area contributed by atoms with Gasteiger partial charge in [0.1, 0.15) is 10.8 Å². The van der Waals surface area contributed by atoms with Crippen molar-refractivity contribution in [1.29, 1.82) is 0 Å². The van der Waals surface area contributed by atoms with E-state index in [9.17, 15) is 9.59 Å². The van der Waals surface area contributed by atoms with E-state index in [1.54, 1.807) is 6.07 Å². The second-order valence-corrected chi connectivity index (χ2v) is 5.33. The molecular formula is C14H14Cl2O4. The van der Waals surface area contributed by atoms with E-state index in [-0.39, 0.29) is 28.4 Å². The fraction of sp³-hybridized carbons (Fsp3) is 0.429. The van der Waals surface area contributed by atoms with E-state index >= 15 is 0 Å². The van der Waals surface area contributed by atoms with Crippen LogP contribution in [0.1, 0.15) is 29.3 Å². The van der Waals surface area contributed by atoms with Gasteiger partial charge in [-0.15, -0.1) is 0 Å². The van der Waals surface area contributed by atoms with Crippen molar-refractivity contribution in [2.45, 2.75) is 19.8 Å². The van der Waals surface area contributed by atoms with Gasteiger partial charge in [-0.1, -0.05) is 30.1 Å². The number of methoxy groups -OCH3 is 1. The monoisotopic (exact) mass is 316 g/mol. The fourth-order valence-corrected chi connectivity index (χ4v) is 2.78. The molecular weight excluding hydrogens is 303 g/mol. The van der Waals surface area contributed by atoms with E-state index in [1.807, 2.05) is 6.92 Å². The zero-order valence-electron chi connectivity index (χ0n) is 11.2. The molecule has 1 aromatic rings. The number of halogens is 2. The van der Waals surface area contributed by atoms with Gasteiger partial charge in [-0.05, 0) is 24.5 Å². The highest BCUT2D eigenvalue weighted by Gasteiger charge is 2.33. The zero-order chi connectivity index (χ0) is 14.9. The van der Waals surface area contributed by atoms with Crippen LogP contribution >= 0.6 is 23.2 Å². The van der Waals surface area contributed by atoms with E-state index in [4.69, 9.17) is 27.9 Å².